The summed E-state index contributed by atoms with van der Waals surface area (Å²) in [5, 5.41) is 2.88. The van der Waals surface area contributed by atoms with Gasteiger partial charge in [0, 0.05) is 39.1 Å². The van der Waals surface area contributed by atoms with Crippen LogP contribution in [0.4, 0.5) is 0 Å². The average molecular weight is 236 g/mol. The van der Waals surface area contributed by atoms with Crippen molar-refractivity contribution in [3.05, 3.63) is 30.1 Å². The number of carbonyl (C=O) groups is 1. The largest absolute Gasteiger partial charge is 0.385 e. The minimum absolute atomic E-state index is 0.0810. The van der Waals surface area contributed by atoms with Crippen LogP contribution in [-0.2, 0) is 9.53 Å². The van der Waals surface area contributed by atoms with E-state index in [2.05, 4.69) is 10.3 Å². The molecule has 0 aliphatic heterocycles. The van der Waals surface area contributed by atoms with E-state index in [1.54, 1.807) is 13.3 Å². The highest BCUT2D eigenvalue weighted by Crippen LogP contribution is 2.16. The number of carbonyl (C=O) groups excluding carboxylic acids is 1. The van der Waals surface area contributed by atoms with Crippen LogP contribution in [-0.4, -0.2) is 31.2 Å². The predicted molar refractivity (Wildman–Crippen MR) is 66.8 cm³/mol. The van der Waals surface area contributed by atoms with Crippen molar-refractivity contribution in [3.63, 3.8) is 0 Å². The van der Waals surface area contributed by atoms with Gasteiger partial charge in [-0.05, 0) is 24.0 Å². The molecule has 4 heteroatoms. The summed E-state index contributed by atoms with van der Waals surface area (Å²) in [6.07, 6.45) is 4.89. The minimum Gasteiger partial charge on any atom is -0.385 e. The third kappa shape index (κ3) is 5.45. The standard InChI is InChI=1S/C13H20N2O2/c1-11(12-5-3-6-14-10-12)9-13(16)15-7-4-8-17-2/h3,5-6,10-11H,4,7-9H2,1-2H3,(H,15,16). The molecule has 4 nitrogen and oxygen atoms in total. The van der Waals surface area contributed by atoms with E-state index in [-0.39, 0.29) is 11.8 Å². The molecule has 1 amide bonds. The van der Waals surface area contributed by atoms with E-state index >= 15 is 0 Å². The summed E-state index contributed by atoms with van der Waals surface area (Å²) >= 11 is 0. The van der Waals surface area contributed by atoms with E-state index < -0.39 is 0 Å². The average Bonchev–Trinajstić information content (AvgIpc) is 2.36. The van der Waals surface area contributed by atoms with Crippen LogP contribution in [0.25, 0.3) is 0 Å². The summed E-state index contributed by atoms with van der Waals surface area (Å²) in [6, 6.07) is 3.89. The Balaban J connectivity index is 2.26. The Morgan fingerprint density at radius 3 is 3.06 bits per heavy atom. The Morgan fingerprint density at radius 1 is 1.59 bits per heavy atom. The van der Waals surface area contributed by atoms with Crippen LogP contribution >= 0.6 is 0 Å². The lowest BCUT2D eigenvalue weighted by Gasteiger charge is -2.11. The summed E-state index contributed by atoms with van der Waals surface area (Å²) in [4.78, 5) is 15.7. The second-order valence-electron chi connectivity index (χ2n) is 4.09. The van der Waals surface area contributed by atoms with Gasteiger partial charge >= 0.3 is 0 Å². The first kappa shape index (κ1) is 13.6. The molecule has 1 heterocycles. The molecule has 0 fully saturated rings. The maximum Gasteiger partial charge on any atom is 0.220 e. The Bertz CT molecular complexity index is 327. The van der Waals surface area contributed by atoms with Gasteiger partial charge < -0.3 is 10.1 Å². The molecule has 1 aromatic heterocycles. The van der Waals surface area contributed by atoms with Gasteiger partial charge in [-0.3, -0.25) is 9.78 Å². The fourth-order valence-corrected chi connectivity index (χ4v) is 1.58. The molecule has 0 aliphatic carbocycles. The number of hydrogen-bond donors (Lipinski definition) is 1. The molecule has 0 spiro atoms. The molecule has 0 saturated carbocycles. The van der Waals surface area contributed by atoms with E-state index in [1.165, 1.54) is 0 Å². The first-order valence-corrected chi connectivity index (χ1v) is 5.89. The Hall–Kier alpha value is -1.42. The van der Waals surface area contributed by atoms with Crippen molar-refractivity contribution in [2.75, 3.05) is 20.3 Å². The van der Waals surface area contributed by atoms with Gasteiger partial charge in [-0.1, -0.05) is 13.0 Å². The fraction of sp³-hybridized carbons (Fsp3) is 0.538. The Morgan fingerprint density at radius 2 is 2.41 bits per heavy atom. The Labute approximate surface area is 102 Å². The van der Waals surface area contributed by atoms with Crippen molar-refractivity contribution in [1.29, 1.82) is 0 Å². The van der Waals surface area contributed by atoms with Crippen LogP contribution in [0.2, 0.25) is 0 Å². The second-order valence-corrected chi connectivity index (χ2v) is 4.09. The van der Waals surface area contributed by atoms with E-state index in [4.69, 9.17) is 4.74 Å². The Kier molecular flexibility index (Phi) is 6.25. The first-order valence-electron chi connectivity index (χ1n) is 5.89. The number of rotatable bonds is 7. The highest BCUT2D eigenvalue weighted by Gasteiger charge is 2.10. The van der Waals surface area contributed by atoms with Crippen molar-refractivity contribution in [3.8, 4) is 0 Å². The third-order valence-electron chi connectivity index (χ3n) is 2.59. The van der Waals surface area contributed by atoms with Crippen LogP contribution < -0.4 is 5.32 Å². The lowest BCUT2D eigenvalue weighted by atomic mass is 9.99. The zero-order chi connectivity index (χ0) is 12.5. The van der Waals surface area contributed by atoms with Gasteiger partial charge in [0.15, 0.2) is 0 Å². The van der Waals surface area contributed by atoms with Crippen LogP contribution in [0.15, 0.2) is 24.5 Å². The zero-order valence-electron chi connectivity index (χ0n) is 10.5. The van der Waals surface area contributed by atoms with Gasteiger partial charge in [-0.15, -0.1) is 0 Å². The van der Waals surface area contributed by atoms with Crippen LogP contribution in [0.5, 0.6) is 0 Å². The van der Waals surface area contributed by atoms with Gasteiger partial charge in [-0.25, -0.2) is 0 Å². The van der Waals surface area contributed by atoms with Crippen molar-refractivity contribution in [1.82, 2.24) is 10.3 Å². The van der Waals surface area contributed by atoms with Crippen molar-refractivity contribution in [2.24, 2.45) is 0 Å². The SMILES string of the molecule is COCCCNC(=O)CC(C)c1cccnc1. The molecule has 17 heavy (non-hydrogen) atoms. The highest BCUT2D eigenvalue weighted by molar-refractivity contribution is 5.76. The van der Waals surface area contributed by atoms with E-state index in [0.717, 1.165) is 12.0 Å². The zero-order valence-corrected chi connectivity index (χ0v) is 10.5. The van der Waals surface area contributed by atoms with Crippen LogP contribution in [0, 0.1) is 0 Å². The molecule has 0 radical (unpaired) electrons. The predicted octanol–water partition coefficient (Wildman–Crippen LogP) is 1.73. The van der Waals surface area contributed by atoms with Crippen molar-refractivity contribution >= 4 is 5.91 Å². The van der Waals surface area contributed by atoms with Gasteiger partial charge in [0.05, 0.1) is 0 Å². The smallest absolute Gasteiger partial charge is 0.220 e. The molecule has 1 atom stereocenters. The number of methoxy groups -OCH3 is 1. The molecule has 0 aliphatic rings. The first-order chi connectivity index (χ1) is 8.24. The monoisotopic (exact) mass is 236 g/mol. The third-order valence-corrected chi connectivity index (χ3v) is 2.59. The number of nitrogens with zero attached hydrogens (tertiary/aromatic N) is 1. The molecular formula is C13H20N2O2. The summed E-state index contributed by atoms with van der Waals surface area (Å²) in [5.74, 6) is 0.281. The lowest BCUT2D eigenvalue weighted by molar-refractivity contribution is -0.121. The number of aromatic nitrogens is 1. The minimum atomic E-state index is 0.0810. The molecule has 94 valence electrons. The van der Waals surface area contributed by atoms with Gasteiger partial charge in [-0.2, -0.15) is 0 Å². The van der Waals surface area contributed by atoms with Gasteiger partial charge in [0.2, 0.25) is 5.91 Å². The second kappa shape index (κ2) is 7.79. The number of ether oxygens (including phenoxy) is 1. The summed E-state index contributed by atoms with van der Waals surface area (Å²) < 4.78 is 4.91. The number of hydrogen-bond acceptors (Lipinski definition) is 3. The fourth-order valence-electron chi connectivity index (χ4n) is 1.58. The molecule has 0 bridgehead atoms. The van der Waals surface area contributed by atoms with E-state index in [0.29, 0.717) is 19.6 Å². The van der Waals surface area contributed by atoms with Gasteiger partial charge in [0.1, 0.15) is 0 Å². The van der Waals surface area contributed by atoms with Gasteiger partial charge in [0.25, 0.3) is 0 Å². The number of nitrogens with one attached hydrogen (secondary N) is 1. The molecule has 1 unspecified atom stereocenters. The normalized spacial score (nSPS) is 12.1. The summed E-state index contributed by atoms with van der Waals surface area (Å²) in [7, 11) is 1.66. The molecular weight excluding hydrogens is 216 g/mol. The van der Waals surface area contributed by atoms with E-state index in [9.17, 15) is 4.79 Å². The lowest BCUT2D eigenvalue weighted by Crippen LogP contribution is -2.26. The quantitative estimate of drug-likeness (QED) is 0.733. The maximum atomic E-state index is 11.6. The van der Waals surface area contributed by atoms with E-state index in [1.807, 2.05) is 25.3 Å². The molecule has 1 rings (SSSR count). The summed E-state index contributed by atoms with van der Waals surface area (Å²) in [5.41, 5.74) is 1.10. The molecule has 1 N–H and O–H groups in total. The number of pyridine rings is 1. The van der Waals surface area contributed by atoms with Crippen molar-refractivity contribution < 1.29 is 9.53 Å². The topological polar surface area (TPSA) is 51.2 Å². The number of amides is 1. The van der Waals surface area contributed by atoms with Crippen molar-refractivity contribution in [2.45, 2.75) is 25.7 Å². The molecule has 1 aromatic rings. The molecule has 0 saturated heterocycles. The van der Waals surface area contributed by atoms with Crippen LogP contribution in [0.3, 0.4) is 0 Å². The summed E-state index contributed by atoms with van der Waals surface area (Å²) in [6.45, 7) is 3.39. The van der Waals surface area contributed by atoms with Crippen LogP contribution in [0.1, 0.15) is 31.2 Å². The maximum absolute atomic E-state index is 11.6. The molecule has 0 aromatic carbocycles. The highest BCUT2D eigenvalue weighted by atomic mass is 16.5.